The van der Waals surface area contributed by atoms with Crippen LogP contribution in [0.5, 0.6) is 0 Å². The lowest BCUT2D eigenvalue weighted by Gasteiger charge is -2.30. The lowest BCUT2D eigenvalue weighted by atomic mass is 10.1. The molecule has 1 aromatic heterocycles. The van der Waals surface area contributed by atoms with Gasteiger partial charge in [0.25, 0.3) is 15.9 Å². The summed E-state index contributed by atoms with van der Waals surface area (Å²) in [5, 5.41) is 4.63. The number of rotatable bonds is 4. The fourth-order valence-electron chi connectivity index (χ4n) is 3.62. The molecule has 3 heterocycles. The summed E-state index contributed by atoms with van der Waals surface area (Å²) in [5.41, 5.74) is 3.98. The van der Waals surface area contributed by atoms with Crippen molar-refractivity contribution in [2.45, 2.75) is 20.4 Å². The van der Waals surface area contributed by atoms with Gasteiger partial charge in [-0.1, -0.05) is 18.2 Å². The summed E-state index contributed by atoms with van der Waals surface area (Å²) in [6.07, 6.45) is 5.09. The third-order valence-corrected chi connectivity index (χ3v) is 6.42. The van der Waals surface area contributed by atoms with E-state index in [2.05, 4.69) is 9.50 Å². The Morgan fingerprint density at radius 3 is 2.67 bits per heavy atom. The van der Waals surface area contributed by atoms with Gasteiger partial charge >= 0.3 is 0 Å². The first-order valence-corrected chi connectivity index (χ1v) is 11.2. The van der Waals surface area contributed by atoms with Gasteiger partial charge in [-0.2, -0.15) is 5.10 Å². The maximum Gasteiger partial charge on any atom is 0.257 e. The van der Waals surface area contributed by atoms with Gasteiger partial charge in [-0.05, 0) is 38.1 Å². The molecular formula is C21H23N5O3S. The molecule has 4 rings (SSSR count). The Hall–Kier alpha value is -3.20. The predicted octanol–water partition coefficient (Wildman–Crippen LogP) is 1.95. The lowest BCUT2D eigenvalue weighted by Crippen LogP contribution is -2.42. The Morgan fingerprint density at radius 2 is 1.93 bits per heavy atom. The Balaban J connectivity index is 1.60. The molecule has 0 fully saturated rings. The van der Waals surface area contributed by atoms with Crippen LogP contribution in [0.2, 0.25) is 0 Å². The lowest BCUT2D eigenvalue weighted by molar-refractivity contribution is -0.125. The van der Waals surface area contributed by atoms with E-state index in [0.29, 0.717) is 6.54 Å². The van der Waals surface area contributed by atoms with E-state index in [1.54, 1.807) is 35.2 Å². The zero-order valence-electron chi connectivity index (χ0n) is 17.1. The number of amidine groups is 1. The highest BCUT2D eigenvalue weighted by Crippen LogP contribution is 2.22. The van der Waals surface area contributed by atoms with Gasteiger partial charge in [0, 0.05) is 37.6 Å². The van der Waals surface area contributed by atoms with E-state index in [0.717, 1.165) is 22.6 Å². The molecule has 0 spiro atoms. The number of benzene rings is 1. The average Bonchev–Trinajstić information content (AvgIpc) is 3.01. The summed E-state index contributed by atoms with van der Waals surface area (Å²) in [5.74, 6) is -0.157. The first kappa shape index (κ1) is 20.1. The first-order valence-electron chi connectivity index (χ1n) is 9.61. The number of hydrogen-bond acceptors (Lipinski definition) is 5. The third kappa shape index (κ3) is 3.68. The van der Waals surface area contributed by atoms with E-state index in [1.807, 2.05) is 48.9 Å². The van der Waals surface area contributed by atoms with E-state index < -0.39 is 10.0 Å². The van der Waals surface area contributed by atoms with Crippen LogP contribution in [-0.4, -0.2) is 59.1 Å². The maximum atomic E-state index is 13.2. The molecule has 30 heavy (non-hydrogen) atoms. The van der Waals surface area contributed by atoms with Gasteiger partial charge < -0.3 is 9.80 Å². The predicted molar refractivity (Wildman–Crippen MR) is 115 cm³/mol. The Morgan fingerprint density at radius 1 is 1.20 bits per heavy atom. The second-order valence-electron chi connectivity index (χ2n) is 7.37. The molecule has 8 nitrogen and oxygen atoms in total. The molecule has 0 unspecified atom stereocenters. The van der Waals surface area contributed by atoms with E-state index in [9.17, 15) is 13.2 Å². The second-order valence-corrected chi connectivity index (χ2v) is 9.13. The fraction of sp³-hybridized carbons (Fsp3) is 0.286. The van der Waals surface area contributed by atoms with Crippen LogP contribution in [0.25, 0.3) is 5.69 Å². The van der Waals surface area contributed by atoms with Crippen molar-refractivity contribution in [1.82, 2.24) is 19.6 Å². The number of likely N-dealkylation sites (N-methyl/N-ethyl adjacent to an activating group) is 1. The van der Waals surface area contributed by atoms with Crippen molar-refractivity contribution in [1.29, 1.82) is 0 Å². The Labute approximate surface area is 175 Å². The number of para-hydroxylation sites is 1. The van der Waals surface area contributed by atoms with E-state index >= 15 is 0 Å². The zero-order chi connectivity index (χ0) is 21.5. The molecule has 9 heteroatoms. The van der Waals surface area contributed by atoms with E-state index in [1.165, 1.54) is 0 Å². The number of amides is 1. The number of aryl methyl sites for hydroxylation is 1. The number of sulfonamides is 1. The van der Waals surface area contributed by atoms with Gasteiger partial charge in [0.2, 0.25) is 0 Å². The number of carbonyl (C=O) groups is 1. The van der Waals surface area contributed by atoms with Crippen LogP contribution >= 0.6 is 0 Å². The van der Waals surface area contributed by atoms with Crippen molar-refractivity contribution >= 4 is 21.8 Å². The summed E-state index contributed by atoms with van der Waals surface area (Å²) in [7, 11) is -1.86. The molecule has 2 aliphatic heterocycles. The van der Waals surface area contributed by atoms with Crippen LogP contribution in [0, 0.1) is 13.8 Å². The van der Waals surface area contributed by atoms with Crippen LogP contribution in [0.15, 0.2) is 58.7 Å². The van der Waals surface area contributed by atoms with Crippen molar-refractivity contribution in [3.05, 3.63) is 71.2 Å². The van der Waals surface area contributed by atoms with Gasteiger partial charge in [0.05, 0.1) is 22.7 Å². The van der Waals surface area contributed by atoms with Gasteiger partial charge in [-0.25, -0.2) is 13.1 Å². The van der Waals surface area contributed by atoms with E-state index in [-0.39, 0.29) is 29.6 Å². The molecule has 0 bridgehead atoms. The van der Waals surface area contributed by atoms with Gasteiger partial charge in [0.15, 0.2) is 5.84 Å². The maximum absolute atomic E-state index is 13.2. The number of aromatic nitrogens is 2. The van der Waals surface area contributed by atoms with Crippen molar-refractivity contribution in [2.24, 2.45) is 4.40 Å². The highest BCUT2D eigenvalue weighted by molar-refractivity contribution is 7.90. The minimum absolute atomic E-state index is 0.0603. The van der Waals surface area contributed by atoms with Crippen LogP contribution in [0.4, 0.5) is 0 Å². The minimum atomic E-state index is -3.56. The molecule has 0 aliphatic carbocycles. The standard InChI is InChI=1S/C21H23N5O3S/c1-15-19(16(2)26(22-15)17-8-5-4-6-9-17)14-24(3)21(27)18-10-7-11-25-12-13-30(28,29)23-20(18)25/h4-11H,12-14H2,1-3H3. The van der Waals surface area contributed by atoms with Crippen LogP contribution < -0.4 is 0 Å². The molecule has 0 atom stereocenters. The molecule has 1 aromatic carbocycles. The summed E-state index contributed by atoms with van der Waals surface area (Å²) in [4.78, 5) is 16.4. The number of fused-ring (bicyclic) bond motifs is 1. The highest BCUT2D eigenvalue weighted by Gasteiger charge is 2.31. The van der Waals surface area contributed by atoms with Gasteiger partial charge in [0.1, 0.15) is 0 Å². The summed E-state index contributed by atoms with van der Waals surface area (Å²) < 4.78 is 29.6. The van der Waals surface area contributed by atoms with Crippen molar-refractivity contribution in [3.63, 3.8) is 0 Å². The highest BCUT2D eigenvalue weighted by atomic mass is 32.2. The Bertz CT molecular complexity index is 1190. The van der Waals surface area contributed by atoms with Crippen LogP contribution in [0.1, 0.15) is 17.0 Å². The van der Waals surface area contributed by atoms with Gasteiger partial charge in [-0.3, -0.25) is 4.79 Å². The number of nitrogens with zero attached hydrogens (tertiary/aromatic N) is 5. The second kappa shape index (κ2) is 7.56. The monoisotopic (exact) mass is 425 g/mol. The Kier molecular flexibility index (Phi) is 5.07. The molecule has 2 aliphatic rings. The van der Waals surface area contributed by atoms with Crippen LogP contribution in [0.3, 0.4) is 0 Å². The first-order chi connectivity index (χ1) is 14.3. The number of hydrogen-bond donors (Lipinski definition) is 0. The molecule has 0 radical (unpaired) electrons. The van der Waals surface area contributed by atoms with Crippen molar-refractivity contribution in [2.75, 3.05) is 19.3 Å². The van der Waals surface area contributed by atoms with E-state index in [4.69, 9.17) is 0 Å². The zero-order valence-corrected chi connectivity index (χ0v) is 17.9. The molecular weight excluding hydrogens is 402 g/mol. The molecule has 1 amide bonds. The summed E-state index contributed by atoms with van der Waals surface area (Å²) in [6, 6.07) is 9.82. The third-order valence-electron chi connectivity index (χ3n) is 5.27. The van der Waals surface area contributed by atoms with Gasteiger partial charge in [-0.15, -0.1) is 4.40 Å². The summed E-state index contributed by atoms with van der Waals surface area (Å²) in [6.45, 7) is 4.53. The van der Waals surface area contributed by atoms with Crippen molar-refractivity contribution < 1.29 is 13.2 Å². The quantitative estimate of drug-likeness (QED) is 0.747. The molecule has 2 aromatic rings. The molecule has 0 saturated heterocycles. The number of carbonyl (C=O) groups excluding carboxylic acids is 1. The largest absolute Gasteiger partial charge is 0.337 e. The van der Waals surface area contributed by atoms with Crippen molar-refractivity contribution in [3.8, 4) is 5.69 Å². The fourth-order valence-corrected chi connectivity index (χ4v) is 4.61. The van der Waals surface area contributed by atoms with Crippen LogP contribution in [-0.2, 0) is 21.4 Å². The summed E-state index contributed by atoms with van der Waals surface area (Å²) >= 11 is 0. The minimum Gasteiger partial charge on any atom is -0.337 e. The smallest absolute Gasteiger partial charge is 0.257 e. The molecule has 0 saturated carbocycles. The topological polar surface area (TPSA) is 87.9 Å². The normalized spacial score (nSPS) is 17.2. The number of allylic oxidation sites excluding steroid dienone is 2. The SMILES string of the molecule is Cc1nn(-c2ccccc2)c(C)c1CN(C)C(=O)C1=CC=CN2CCS(=O)(=O)N=C12. The average molecular weight is 426 g/mol. The molecule has 0 N–H and O–H groups in total. The molecule has 156 valence electrons.